The van der Waals surface area contributed by atoms with Gasteiger partial charge in [-0.1, -0.05) is 34.1 Å². The van der Waals surface area contributed by atoms with Gasteiger partial charge in [-0.15, -0.1) is 0 Å². The maximum atomic E-state index is 5.89. The number of benzene rings is 3. The molecule has 6 heteroatoms. The van der Waals surface area contributed by atoms with Crippen LogP contribution in [0.5, 0.6) is 23.0 Å². The molecule has 0 unspecified atom stereocenters. The summed E-state index contributed by atoms with van der Waals surface area (Å²) in [6.45, 7) is 1.12. The number of fused-ring (bicyclic) bond motifs is 5. The molecule has 0 fully saturated rings. The third-order valence-electron chi connectivity index (χ3n) is 6.26. The van der Waals surface area contributed by atoms with Crippen LogP contribution in [0.25, 0.3) is 33.3 Å². The number of halogens is 1. The van der Waals surface area contributed by atoms with Crippen molar-refractivity contribution in [3.63, 3.8) is 0 Å². The highest BCUT2D eigenvalue weighted by Crippen LogP contribution is 2.47. The molecule has 0 N–H and O–H groups in total. The Hall–Kier alpha value is -3.25. The number of hydrogen-bond donors (Lipinski definition) is 0. The van der Waals surface area contributed by atoms with Crippen LogP contribution < -0.4 is 23.5 Å². The van der Waals surface area contributed by atoms with Gasteiger partial charge < -0.3 is 18.9 Å². The number of nitrogens with zero attached hydrogens (tertiary/aromatic N) is 1. The van der Waals surface area contributed by atoms with Gasteiger partial charge in [0, 0.05) is 27.9 Å². The fourth-order valence-electron chi connectivity index (χ4n) is 4.84. The number of pyridine rings is 1. The number of ether oxygens (including phenoxy) is 4. The number of rotatable bonds is 3. The van der Waals surface area contributed by atoms with Gasteiger partial charge in [0.15, 0.2) is 29.5 Å². The van der Waals surface area contributed by atoms with Gasteiger partial charge in [0.25, 0.3) is 0 Å². The Balaban J connectivity index is 1.76. The largest absolute Gasteiger partial charge is 0.493 e. The van der Waals surface area contributed by atoms with E-state index in [1.165, 1.54) is 11.1 Å². The van der Waals surface area contributed by atoms with E-state index in [9.17, 15) is 0 Å². The van der Waals surface area contributed by atoms with Gasteiger partial charge in [-0.2, -0.15) is 4.57 Å². The zero-order valence-corrected chi connectivity index (χ0v) is 19.4. The predicted molar refractivity (Wildman–Crippen MR) is 126 cm³/mol. The Kier molecular flexibility index (Phi) is 4.50. The van der Waals surface area contributed by atoms with Gasteiger partial charge in [-0.25, -0.2) is 0 Å². The third kappa shape index (κ3) is 2.79. The van der Waals surface area contributed by atoms with Crippen LogP contribution >= 0.6 is 15.9 Å². The summed E-state index contributed by atoms with van der Waals surface area (Å²) < 4.78 is 26.2. The van der Waals surface area contributed by atoms with Gasteiger partial charge >= 0.3 is 0 Å². The van der Waals surface area contributed by atoms with E-state index in [0.29, 0.717) is 5.75 Å². The van der Waals surface area contributed by atoms with E-state index in [-0.39, 0.29) is 6.79 Å². The average Bonchev–Trinajstić information content (AvgIpc) is 3.29. The lowest BCUT2D eigenvalue weighted by Crippen LogP contribution is -2.42. The van der Waals surface area contributed by atoms with Crippen molar-refractivity contribution in [2.24, 2.45) is 0 Å². The smallest absolute Gasteiger partial charge is 0.231 e. The highest BCUT2D eigenvalue weighted by atomic mass is 79.9. The minimum absolute atomic E-state index is 0.272. The molecule has 0 atom stereocenters. The van der Waals surface area contributed by atoms with E-state index >= 15 is 0 Å². The summed E-state index contributed by atoms with van der Waals surface area (Å²) in [5.74, 6) is 3.05. The molecule has 5 nitrogen and oxygen atoms in total. The number of aryl methyl sites for hydroxylation is 1. The van der Waals surface area contributed by atoms with Crippen molar-refractivity contribution < 1.29 is 23.5 Å². The lowest BCUT2D eigenvalue weighted by atomic mass is 9.92. The molecule has 6 rings (SSSR count). The van der Waals surface area contributed by atoms with Crippen LogP contribution in [0.1, 0.15) is 5.56 Å². The first kappa shape index (κ1) is 19.4. The van der Waals surface area contributed by atoms with Gasteiger partial charge in [0.1, 0.15) is 5.39 Å². The van der Waals surface area contributed by atoms with Crippen LogP contribution in [0.3, 0.4) is 0 Å². The highest BCUT2D eigenvalue weighted by molar-refractivity contribution is 9.10. The van der Waals surface area contributed by atoms with Crippen molar-refractivity contribution in [1.82, 2.24) is 0 Å². The average molecular weight is 491 g/mol. The normalized spacial score (nSPS) is 13.6. The van der Waals surface area contributed by atoms with Crippen LogP contribution in [0.4, 0.5) is 0 Å². The number of aromatic nitrogens is 1. The number of hydrogen-bond acceptors (Lipinski definition) is 4. The molecular formula is C26H21BrNO4+. The second-order valence-electron chi connectivity index (χ2n) is 7.89. The van der Waals surface area contributed by atoms with Crippen LogP contribution in [0.2, 0.25) is 0 Å². The first-order chi connectivity index (χ1) is 15.7. The Labute approximate surface area is 194 Å². The predicted octanol–water partition coefficient (Wildman–Crippen LogP) is 5.53. The van der Waals surface area contributed by atoms with Gasteiger partial charge in [-0.3, -0.25) is 0 Å². The van der Waals surface area contributed by atoms with Crippen molar-refractivity contribution in [3.8, 4) is 45.5 Å². The van der Waals surface area contributed by atoms with E-state index in [1.54, 1.807) is 14.2 Å². The van der Waals surface area contributed by atoms with E-state index in [1.807, 2.05) is 12.1 Å². The first-order valence-electron chi connectivity index (χ1n) is 10.5. The zero-order chi connectivity index (χ0) is 21.8. The van der Waals surface area contributed by atoms with Gasteiger partial charge in [0.2, 0.25) is 18.2 Å². The quantitative estimate of drug-likeness (QED) is 0.354. The van der Waals surface area contributed by atoms with E-state index < -0.39 is 0 Å². The molecule has 0 radical (unpaired) electrons. The molecule has 0 aliphatic carbocycles. The molecule has 3 aromatic carbocycles. The maximum absolute atomic E-state index is 5.89. The molecule has 0 bridgehead atoms. The molecule has 0 amide bonds. The molecular weight excluding hydrogens is 470 g/mol. The minimum Gasteiger partial charge on any atom is -0.493 e. The second kappa shape index (κ2) is 7.41. The van der Waals surface area contributed by atoms with Crippen molar-refractivity contribution in [3.05, 3.63) is 64.6 Å². The van der Waals surface area contributed by atoms with E-state index in [2.05, 4.69) is 63.0 Å². The Bertz CT molecular complexity index is 1380. The second-order valence-corrected chi connectivity index (χ2v) is 8.75. The monoisotopic (exact) mass is 490 g/mol. The molecule has 2 aliphatic rings. The summed E-state index contributed by atoms with van der Waals surface area (Å²) in [5.41, 5.74) is 5.81. The summed E-state index contributed by atoms with van der Waals surface area (Å²) in [4.78, 5) is 0. The van der Waals surface area contributed by atoms with Crippen molar-refractivity contribution >= 4 is 26.7 Å². The zero-order valence-electron chi connectivity index (χ0n) is 17.8. The maximum Gasteiger partial charge on any atom is 0.231 e. The van der Waals surface area contributed by atoms with Crippen LogP contribution in [0, 0.1) is 0 Å². The molecule has 0 spiro atoms. The molecule has 0 saturated carbocycles. The lowest BCUT2D eigenvalue weighted by Gasteiger charge is -2.21. The summed E-state index contributed by atoms with van der Waals surface area (Å²) >= 11 is 3.79. The first-order valence-corrected chi connectivity index (χ1v) is 11.3. The topological polar surface area (TPSA) is 40.8 Å². The molecule has 0 saturated heterocycles. The molecule has 32 heavy (non-hydrogen) atoms. The Morgan fingerprint density at radius 1 is 0.938 bits per heavy atom. The third-order valence-corrected chi connectivity index (χ3v) is 6.92. The molecule has 1 aromatic heterocycles. The van der Waals surface area contributed by atoms with E-state index in [0.717, 1.165) is 62.4 Å². The van der Waals surface area contributed by atoms with Gasteiger partial charge in [0.05, 0.1) is 19.8 Å². The summed E-state index contributed by atoms with van der Waals surface area (Å²) in [7, 11) is 3.36. The van der Waals surface area contributed by atoms with Crippen LogP contribution in [-0.2, 0) is 13.0 Å². The van der Waals surface area contributed by atoms with Crippen molar-refractivity contribution in [2.75, 3.05) is 21.0 Å². The molecule has 2 aliphatic heterocycles. The molecule has 160 valence electrons. The summed E-state index contributed by atoms with van der Waals surface area (Å²) in [6.07, 6.45) is 0.905. The fourth-order valence-corrected chi connectivity index (χ4v) is 5.36. The minimum atomic E-state index is 0.272. The number of methoxy groups -OCH3 is 2. The molecule has 4 aromatic rings. The van der Waals surface area contributed by atoms with Crippen molar-refractivity contribution in [1.29, 1.82) is 0 Å². The highest BCUT2D eigenvalue weighted by Gasteiger charge is 2.33. The lowest BCUT2D eigenvalue weighted by molar-refractivity contribution is -0.675. The Morgan fingerprint density at radius 3 is 2.47 bits per heavy atom. The standard InChI is InChI=1S/C26H21BrNO4/c1-29-23-13-19(27)18-11-20-17-12-22-21(31-14-32-22)10-16(17)8-9-28(20)25(24(18)26(23)30-2)15-6-4-3-5-7-15/h3-7,10-13H,8-9,14H2,1-2H3/q+1. The van der Waals surface area contributed by atoms with Crippen molar-refractivity contribution in [2.45, 2.75) is 13.0 Å². The van der Waals surface area contributed by atoms with Crippen LogP contribution in [-0.4, -0.2) is 21.0 Å². The molecule has 3 heterocycles. The SMILES string of the molecule is COc1cc(Br)c2cc3[n+](c(-c4ccccc4)c2c1OC)CCc1cc2c(cc1-3)OCO2. The summed E-state index contributed by atoms with van der Waals surface area (Å²) in [5, 5.41) is 2.09. The summed E-state index contributed by atoms with van der Waals surface area (Å²) in [6, 6.07) is 18.9. The fraction of sp³-hybridized carbons (Fsp3) is 0.192. The van der Waals surface area contributed by atoms with E-state index in [4.69, 9.17) is 18.9 Å². The van der Waals surface area contributed by atoms with Gasteiger partial charge in [-0.05, 0) is 35.9 Å². The Morgan fingerprint density at radius 2 is 1.72 bits per heavy atom. The van der Waals surface area contributed by atoms with Crippen LogP contribution in [0.15, 0.2) is 59.1 Å².